The quantitative estimate of drug-likeness (QED) is 0.782. The summed E-state index contributed by atoms with van der Waals surface area (Å²) >= 11 is 0. The molecule has 3 rings (SSSR count). The van der Waals surface area contributed by atoms with Crippen molar-refractivity contribution in [1.29, 1.82) is 0 Å². The topological polar surface area (TPSA) is 24.9 Å². The molecule has 0 aliphatic heterocycles. The third-order valence-corrected chi connectivity index (χ3v) is 3.50. The van der Waals surface area contributed by atoms with Crippen LogP contribution in [0.4, 0.5) is 4.39 Å². The first kappa shape index (κ1) is 12.8. The monoisotopic (exact) mass is 266 g/mol. The minimum absolute atomic E-state index is 0.191. The molecule has 20 heavy (non-hydrogen) atoms. The number of hydrogen-bond donors (Lipinski definition) is 1. The van der Waals surface area contributed by atoms with Crippen molar-refractivity contribution in [1.82, 2.24) is 10.3 Å². The first-order valence-electron chi connectivity index (χ1n) is 6.56. The average molecular weight is 266 g/mol. The standard InChI is InChI=1S/C17H15FN2/c1-19-17(14-6-2-3-9-15(14)18)13-7-4-10-16-12(13)8-5-11-20-16/h2-11,17,19H,1H3. The highest BCUT2D eigenvalue weighted by atomic mass is 19.1. The predicted molar refractivity (Wildman–Crippen MR) is 79.0 cm³/mol. The van der Waals surface area contributed by atoms with E-state index in [0.29, 0.717) is 5.56 Å². The maximum atomic E-state index is 14.1. The number of halogens is 1. The van der Waals surface area contributed by atoms with Crippen molar-refractivity contribution in [3.8, 4) is 0 Å². The molecule has 0 aliphatic rings. The summed E-state index contributed by atoms with van der Waals surface area (Å²) in [5.74, 6) is -0.201. The molecule has 2 nitrogen and oxygen atoms in total. The van der Waals surface area contributed by atoms with Crippen LogP contribution in [0.5, 0.6) is 0 Å². The lowest BCUT2D eigenvalue weighted by Gasteiger charge is -2.19. The molecule has 0 amide bonds. The van der Waals surface area contributed by atoms with Gasteiger partial charge in [-0.3, -0.25) is 4.98 Å². The summed E-state index contributed by atoms with van der Waals surface area (Å²) in [4.78, 5) is 4.35. The van der Waals surface area contributed by atoms with Crippen molar-refractivity contribution in [2.75, 3.05) is 7.05 Å². The molecule has 0 bridgehead atoms. The molecule has 1 N–H and O–H groups in total. The molecule has 2 aromatic carbocycles. The normalized spacial score (nSPS) is 12.5. The highest BCUT2D eigenvalue weighted by Crippen LogP contribution is 2.29. The number of nitrogens with zero attached hydrogens (tertiary/aromatic N) is 1. The van der Waals surface area contributed by atoms with Gasteiger partial charge in [0.1, 0.15) is 5.82 Å². The van der Waals surface area contributed by atoms with Crippen molar-refractivity contribution >= 4 is 10.9 Å². The van der Waals surface area contributed by atoms with E-state index in [9.17, 15) is 4.39 Å². The van der Waals surface area contributed by atoms with Crippen LogP contribution in [0.25, 0.3) is 10.9 Å². The molecule has 0 fully saturated rings. The second-order valence-corrected chi connectivity index (χ2v) is 4.66. The van der Waals surface area contributed by atoms with Crippen molar-refractivity contribution in [3.63, 3.8) is 0 Å². The summed E-state index contributed by atoms with van der Waals surface area (Å²) in [6.07, 6.45) is 1.77. The molecule has 1 aromatic heterocycles. The minimum Gasteiger partial charge on any atom is -0.309 e. The molecular formula is C17H15FN2. The summed E-state index contributed by atoms with van der Waals surface area (Å²) in [5.41, 5.74) is 2.59. The Morgan fingerprint density at radius 2 is 1.75 bits per heavy atom. The summed E-state index contributed by atoms with van der Waals surface area (Å²) in [5, 5.41) is 4.24. The van der Waals surface area contributed by atoms with Gasteiger partial charge in [0.05, 0.1) is 11.6 Å². The Balaban J connectivity index is 2.20. The molecule has 1 heterocycles. The van der Waals surface area contributed by atoms with Gasteiger partial charge >= 0.3 is 0 Å². The minimum atomic E-state index is -0.201. The number of rotatable bonds is 3. The number of hydrogen-bond acceptors (Lipinski definition) is 2. The molecular weight excluding hydrogens is 251 g/mol. The molecule has 1 unspecified atom stereocenters. The number of pyridine rings is 1. The summed E-state index contributed by atoms with van der Waals surface area (Å²) in [6, 6.07) is 16.5. The molecule has 1 atom stereocenters. The van der Waals surface area contributed by atoms with Crippen LogP contribution in [0, 0.1) is 5.82 Å². The third kappa shape index (κ3) is 2.17. The summed E-state index contributed by atoms with van der Waals surface area (Å²) < 4.78 is 14.1. The van der Waals surface area contributed by atoms with E-state index >= 15 is 0 Å². The number of nitrogens with one attached hydrogen (secondary N) is 1. The van der Waals surface area contributed by atoms with Gasteiger partial charge in [0.25, 0.3) is 0 Å². The van der Waals surface area contributed by atoms with Gasteiger partial charge < -0.3 is 5.32 Å². The van der Waals surface area contributed by atoms with E-state index in [2.05, 4.69) is 10.3 Å². The summed E-state index contributed by atoms with van der Waals surface area (Å²) in [7, 11) is 1.84. The lowest BCUT2D eigenvalue weighted by Crippen LogP contribution is -2.19. The third-order valence-electron chi connectivity index (χ3n) is 3.50. The van der Waals surface area contributed by atoms with E-state index in [4.69, 9.17) is 0 Å². The number of aromatic nitrogens is 1. The van der Waals surface area contributed by atoms with Crippen LogP contribution < -0.4 is 5.32 Å². The highest BCUT2D eigenvalue weighted by molar-refractivity contribution is 5.83. The maximum Gasteiger partial charge on any atom is 0.128 e. The SMILES string of the molecule is CNC(c1ccccc1F)c1cccc2ncccc12. The summed E-state index contributed by atoms with van der Waals surface area (Å²) in [6.45, 7) is 0. The first-order valence-corrected chi connectivity index (χ1v) is 6.56. The van der Waals surface area contributed by atoms with Crippen molar-refractivity contribution in [2.24, 2.45) is 0 Å². The fourth-order valence-corrected chi connectivity index (χ4v) is 2.57. The Labute approximate surface area is 117 Å². The van der Waals surface area contributed by atoms with Gasteiger partial charge in [-0.1, -0.05) is 36.4 Å². The van der Waals surface area contributed by atoms with Crippen LogP contribution in [0.2, 0.25) is 0 Å². The number of fused-ring (bicyclic) bond motifs is 1. The Morgan fingerprint density at radius 3 is 2.55 bits per heavy atom. The highest BCUT2D eigenvalue weighted by Gasteiger charge is 2.17. The van der Waals surface area contributed by atoms with E-state index in [1.165, 1.54) is 6.07 Å². The zero-order valence-corrected chi connectivity index (χ0v) is 11.2. The lowest BCUT2D eigenvalue weighted by atomic mass is 9.95. The zero-order chi connectivity index (χ0) is 13.9. The Kier molecular flexibility index (Phi) is 3.44. The maximum absolute atomic E-state index is 14.1. The smallest absolute Gasteiger partial charge is 0.128 e. The second kappa shape index (κ2) is 5.39. The van der Waals surface area contributed by atoms with E-state index in [1.807, 2.05) is 49.5 Å². The molecule has 3 heteroatoms. The average Bonchev–Trinajstić information content (AvgIpc) is 2.50. The Morgan fingerprint density at radius 1 is 0.950 bits per heavy atom. The number of benzene rings is 2. The van der Waals surface area contributed by atoms with Gasteiger partial charge in [0.2, 0.25) is 0 Å². The van der Waals surface area contributed by atoms with Gasteiger partial charge in [0, 0.05) is 17.1 Å². The Bertz CT molecular complexity index is 734. The Hall–Kier alpha value is -2.26. The van der Waals surface area contributed by atoms with Crippen LogP contribution in [-0.4, -0.2) is 12.0 Å². The van der Waals surface area contributed by atoms with Crippen LogP contribution >= 0.6 is 0 Å². The van der Waals surface area contributed by atoms with Crippen molar-refractivity contribution in [3.05, 3.63) is 77.7 Å². The molecule has 3 aromatic rings. The van der Waals surface area contributed by atoms with Gasteiger partial charge in [-0.25, -0.2) is 4.39 Å². The van der Waals surface area contributed by atoms with Gasteiger partial charge in [-0.15, -0.1) is 0 Å². The first-order chi connectivity index (χ1) is 9.81. The van der Waals surface area contributed by atoms with E-state index in [1.54, 1.807) is 12.3 Å². The molecule has 100 valence electrons. The second-order valence-electron chi connectivity index (χ2n) is 4.66. The molecule has 0 spiro atoms. The molecule has 0 aliphatic carbocycles. The fraction of sp³-hybridized carbons (Fsp3) is 0.118. The van der Waals surface area contributed by atoms with Crippen molar-refractivity contribution in [2.45, 2.75) is 6.04 Å². The molecule has 0 radical (unpaired) electrons. The van der Waals surface area contributed by atoms with Crippen molar-refractivity contribution < 1.29 is 4.39 Å². The lowest BCUT2D eigenvalue weighted by molar-refractivity contribution is 0.577. The van der Waals surface area contributed by atoms with E-state index < -0.39 is 0 Å². The van der Waals surface area contributed by atoms with Gasteiger partial charge in [-0.2, -0.15) is 0 Å². The van der Waals surface area contributed by atoms with E-state index in [-0.39, 0.29) is 11.9 Å². The largest absolute Gasteiger partial charge is 0.309 e. The zero-order valence-electron chi connectivity index (χ0n) is 11.2. The van der Waals surface area contributed by atoms with Crippen LogP contribution in [0.3, 0.4) is 0 Å². The van der Waals surface area contributed by atoms with E-state index in [0.717, 1.165) is 16.5 Å². The molecule has 0 saturated carbocycles. The fourth-order valence-electron chi connectivity index (χ4n) is 2.57. The predicted octanol–water partition coefficient (Wildman–Crippen LogP) is 3.68. The van der Waals surface area contributed by atoms with Crippen LogP contribution in [0.15, 0.2) is 60.8 Å². The van der Waals surface area contributed by atoms with Crippen LogP contribution in [-0.2, 0) is 0 Å². The van der Waals surface area contributed by atoms with Gasteiger partial charge in [0.15, 0.2) is 0 Å². The molecule has 0 saturated heterocycles. The van der Waals surface area contributed by atoms with Gasteiger partial charge in [-0.05, 0) is 30.8 Å². The van der Waals surface area contributed by atoms with Crippen LogP contribution in [0.1, 0.15) is 17.2 Å².